The highest BCUT2D eigenvalue weighted by molar-refractivity contribution is 5.22. The minimum atomic E-state index is -0.562. The van der Waals surface area contributed by atoms with Gasteiger partial charge in [-0.3, -0.25) is 11.3 Å². The van der Waals surface area contributed by atoms with Gasteiger partial charge in [-0.25, -0.2) is 8.78 Å². The summed E-state index contributed by atoms with van der Waals surface area (Å²) < 4.78 is 32.9. The molecule has 116 valence electrons. The molecule has 1 aliphatic carbocycles. The van der Waals surface area contributed by atoms with E-state index in [1.165, 1.54) is 25.0 Å². The third kappa shape index (κ3) is 3.10. The maximum Gasteiger partial charge on any atom is 0.126 e. The van der Waals surface area contributed by atoms with Gasteiger partial charge in [0.2, 0.25) is 0 Å². The fraction of sp³-hybridized carbons (Fsp3) is 0.625. The maximum atomic E-state index is 13.5. The van der Waals surface area contributed by atoms with Crippen LogP contribution in [0.3, 0.4) is 0 Å². The van der Waals surface area contributed by atoms with Crippen molar-refractivity contribution in [2.45, 2.75) is 50.2 Å². The molecule has 3 rings (SSSR count). The smallest absolute Gasteiger partial charge is 0.126 e. The number of hydrazine groups is 1. The molecule has 3 nitrogen and oxygen atoms in total. The Kier molecular flexibility index (Phi) is 4.24. The summed E-state index contributed by atoms with van der Waals surface area (Å²) in [5, 5.41) is 0. The molecule has 1 heterocycles. The summed E-state index contributed by atoms with van der Waals surface area (Å²) in [6, 6.07) is 3.38. The van der Waals surface area contributed by atoms with Crippen molar-refractivity contribution in [3.8, 4) is 0 Å². The molecule has 1 saturated heterocycles. The number of halogens is 2. The first-order chi connectivity index (χ1) is 10.1. The second-order valence-corrected chi connectivity index (χ2v) is 6.34. The Morgan fingerprint density at radius 1 is 1.19 bits per heavy atom. The van der Waals surface area contributed by atoms with Gasteiger partial charge >= 0.3 is 0 Å². The second-order valence-electron chi connectivity index (χ2n) is 6.34. The van der Waals surface area contributed by atoms with Crippen LogP contribution in [0.2, 0.25) is 0 Å². The average Bonchev–Trinajstić information content (AvgIpc) is 2.86. The van der Waals surface area contributed by atoms with Crippen LogP contribution in [0.25, 0.3) is 0 Å². The van der Waals surface area contributed by atoms with Crippen LogP contribution in [-0.2, 0) is 4.74 Å². The highest BCUT2D eigenvalue weighted by Gasteiger charge is 2.42. The number of ether oxygens (including phenoxy) is 1. The molecular formula is C16H22F2N2O. The number of nitrogens with two attached hydrogens (primary N) is 1. The van der Waals surface area contributed by atoms with Gasteiger partial charge in [-0.15, -0.1) is 0 Å². The van der Waals surface area contributed by atoms with E-state index in [0.29, 0.717) is 12.2 Å². The average molecular weight is 296 g/mol. The Bertz CT molecular complexity index is 483. The van der Waals surface area contributed by atoms with Crippen molar-refractivity contribution in [3.05, 3.63) is 35.4 Å². The highest BCUT2D eigenvalue weighted by atomic mass is 19.1. The predicted octanol–water partition coefficient (Wildman–Crippen LogP) is 3.21. The monoisotopic (exact) mass is 296 g/mol. The van der Waals surface area contributed by atoms with Gasteiger partial charge < -0.3 is 4.74 Å². The van der Waals surface area contributed by atoms with Crippen LogP contribution in [0.15, 0.2) is 18.2 Å². The Morgan fingerprint density at radius 2 is 1.86 bits per heavy atom. The molecule has 2 unspecified atom stereocenters. The lowest BCUT2D eigenvalue weighted by Crippen LogP contribution is -2.43. The number of hydrogen-bond donors (Lipinski definition) is 2. The highest BCUT2D eigenvalue weighted by Crippen LogP contribution is 2.45. The van der Waals surface area contributed by atoms with E-state index in [0.717, 1.165) is 31.7 Å². The fourth-order valence-corrected chi connectivity index (χ4v) is 3.98. The van der Waals surface area contributed by atoms with E-state index >= 15 is 0 Å². The molecule has 1 aromatic rings. The van der Waals surface area contributed by atoms with Crippen LogP contribution < -0.4 is 11.3 Å². The summed E-state index contributed by atoms with van der Waals surface area (Å²) in [5.41, 5.74) is 3.30. The summed E-state index contributed by atoms with van der Waals surface area (Å²) >= 11 is 0. The normalized spacial score (nSPS) is 26.1. The van der Waals surface area contributed by atoms with Gasteiger partial charge in [0, 0.05) is 18.7 Å². The molecule has 5 heteroatoms. The first kappa shape index (κ1) is 14.9. The molecule has 1 aliphatic heterocycles. The minimum Gasteiger partial charge on any atom is -0.375 e. The molecule has 0 aromatic heterocycles. The summed E-state index contributed by atoms with van der Waals surface area (Å²) in [5.74, 6) is 4.80. The van der Waals surface area contributed by atoms with Gasteiger partial charge in [-0.2, -0.15) is 0 Å². The van der Waals surface area contributed by atoms with Crippen molar-refractivity contribution < 1.29 is 13.5 Å². The van der Waals surface area contributed by atoms with Crippen LogP contribution in [0, 0.1) is 17.6 Å². The summed E-state index contributed by atoms with van der Waals surface area (Å²) in [6.07, 6.45) is 6.31. The number of hydrogen-bond acceptors (Lipinski definition) is 3. The lowest BCUT2D eigenvalue weighted by Gasteiger charge is -2.41. The molecule has 2 atom stereocenters. The summed E-state index contributed by atoms with van der Waals surface area (Å²) in [7, 11) is 0. The number of nitrogens with one attached hydrogen (secondary N) is 1. The Labute approximate surface area is 123 Å². The second kappa shape index (κ2) is 5.99. The van der Waals surface area contributed by atoms with Crippen molar-refractivity contribution in [3.63, 3.8) is 0 Å². The molecule has 21 heavy (non-hydrogen) atoms. The molecule has 0 radical (unpaired) electrons. The van der Waals surface area contributed by atoms with E-state index in [4.69, 9.17) is 10.6 Å². The summed E-state index contributed by atoms with van der Waals surface area (Å²) in [4.78, 5) is 0. The first-order valence-electron chi connectivity index (χ1n) is 7.68. The van der Waals surface area contributed by atoms with Crippen LogP contribution >= 0.6 is 0 Å². The van der Waals surface area contributed by atoms with Crippen molar-refractivity contribution in [1.82, 2.24) is 5.43 Å². The van der Waals surface area contributed by atoms with Gasteiger partial charge in [-0.1, -0.05) is 12.8 Å². The van der Waals surface area contributed by atoms with E-state index in [9.17, 15) is 8.78 Å². The Morgan fingerprint density at radius 3 is 2.48 bits per heavy atom. The zero-order valence-corrected chi connectivity index (χ0v) is 12.1. The molecule has 0 bridgehead atoms. The van der Waals surface area contributed by atoms with Gasteiger partial charge in [-0.05, 0) is 49.3 Å². The van der Waals surface area contributed by atoms with Crippen LogP contribution in [-0.4, -0.2) is 12.2 Å². The standard InChI is InChI=1S/C16H22F2N2O/c17-13-7-12(8-14(18)9-13)15(20-19)11-3-6-21-16(10-11)4-1-2-5-16/h7-9,11,15,20H,1-6,10,19H2. The SMILES string of the molecule is NNC(c1cc(F)cc(F)c1)C1CCOC2(CCCC2)C1. The number of rotatable bonds is 3. The third-order valence-electron chi connectivity index (χ3n) is 4.94. The van der Waals surface area contributed by atoms with Gasteiger partial charge in [0.15, 0.2) is 0 Å². The maximum absolute atomic E-state index is 13.5. The zero-order chi connectivity index (χ0) is 14.9. The minimum absolute atomic E-state index is 0.0378. The lowest BCUT2D eigenvalue weighted by atomic mass is 9.79. The molecule has 2 fully saturated rings. The van der Waals surface area contributed by atoms with E-state index in [-0.39, 0.29) is 17.6 Å². The van der Waals surface area contributed by atoms with E-state index in [2.05, 4.69) is 5.43 Å². The molecule has 2 aliphatic rings. The quantitative estimate of drug-likeness (QED) is 0.665. The molecule has 1 aromatic carbocycles. The predicted molar refractivity (Wildman–Crippen MR) is 76.3 cm³/mol. The molecule has 0 amide bonds. The number of benzene rings is 1. The third-order valence-corrected chi connectivity index (χ3v) is 4.94. The molecule has 3 N–H and O–H groups in total. The molecular weight excluding hydrogens is 274 g/mol. The van der Waals surface area contributed by atoms with Gasteiger partial charge in [0.1, 0.15) is 11.6 Å². The summed E-state index contributed by atoms with van der Waals surface area (Å²) in [6.45, 7) is 0.695. The molecule has 1 spiro atoms. The van der Waals surface area contributed by atoms with E-state index in [1.54, 1.807) is 0 Å². The van der Waals surface area contributed by atoms with Crippen molar-refractivity contribution >= 4 is 0 Å². The topological polar surface area (TPSA) is 47.3 Å². The van der Waals surface area contributed by atoms with Gasteiger partial charge in [0.05, 0.1) is 5.60 Å². The Hall–Kier alpha value is -1.04. The van der Waals surface area contributed by atoms with Crippen LogP contribution in [0.1, 0.15) is 50.1 Å². The van der Waals surface area contributed by atoms with Gasteiger partial charge in [0.25, 0.3) is 0 Å². The molecule has 1 saturated carbocycles. The Balaban J connectivity index is 1.82. The van der Waals surface area contributed by atoms with Crippen LogP contribution in [0.4, 0.5) is 8.78 Å². The zero-order valence-electron chi connectivity index (χ0n) is 12.1. The van der Waals surface area contributed by atoms with Crippen molar-refractivity contribution in [2.24, 2.45) is 11.8 Å². The fourth-order valence-electron chi connectivity index (χ4n) is 3.98. The van der Waals surface area contributed by atoms with Crippen molar-refractivity contribution in [1.29, 1.82) is 0 Å². The lowest BCUT2D eigenvalue weighted by molar-refractivity contribution is -0.0982. The van der Waals surface area contributed by atoms with Crippen molar-refractivity contribution in [2.75, 3.05) is 6.61 Å². The largest absolute Gasteiger partial charge is 0.375 e. The van der Waals surface area contributed by atoms with Crippen LogP contribution in [0.5, 0.6) is 0 Å². The first-order valence-corrected chi connectivity index (χ1v) is 7.68. The van der Waals surface area contributed by atoms with E-state index < -0.39 is 11.6 Å². The van der Waals surface area contributed by atoms with E-state index in [1.807, 2.05) is 0 Å².